The number of benzene rings is 2. The van der Waals surface area contributed by atoms with E-state index >= 15 is 0 Å². The van der Waals surface area contributed by atoms with Crippen molar-refractivity contribution in [1.82, 2.24) is 15.5 Å². The molecular weight excluding hydrogens is 590 g/mol. The highest BCUT2D eigenvalue weighted by Gasteiger charge is 2.38. The first kappa shape index (κ1) is 37.2. The summed E-state index contributed by atoms with van der Waals surface area (Å²) < 4.78 is 11.0. The van der Waals surface area contributed by atoms with Crippen molar-refractivity contribution in [2.75, 3.05) is 12.0 Å². The molecule has 244 valence electrons. The second-order valence-electron chi connectivity index (χ2n) is 12.6. The predicted octanol–water partition coefficient (Wildman–Crippen LogP) is 5.43. The highest BCUT2D eigenvalue weighted by Crippen LogP contribution is 2.24. The molecule has 10 heteroatoms. The van der Waals surface area contributed by atoms with Gasteiger partial charge in [0, 0.05) is 12.5 Å². The number of esters is 1. The molecule has 2 aromatic carbocycles. The van der Waals surface area contributed by atoms with Crippen LogP contribution in [-0.2, 0) is 36.7 Å². The lowest BCUT2D eigenvalue weighted by Crippen LogP contribution is -2.53. The largest absolute Gasteiger partial charge is 0.458 e. The van der Waals surface area contributed by atoms with Crippen LogP contribution in [0.2, 0.25) is 0 Å². The van der Waals surface area contributed by atoms with Crippen LogP contribution in [0, 0.1) is 12.5 Å². The van der Waals surface area contributed by atoms with E-state index in [2.05, 4.69) is 16.7 Å². The van der Waals surface area contributed by atoms with E-state index in [0.717, 1.165) is 22.4 Å². The van der Waals surface area contributed by atoms with Crippen molar-refractivity contribution in [3.63, 3.8) is 0 Å². The molecule has 0 heterocycles. The van der Waals surface area contributed by atoms with Gasteiger partial charge in [0.25, 0.3) is 5.91 Å². The number of thioether (sulfide) groups is 1. The third-order valence-corrected chi connectivity index (χ3v) is 7.12. The topological polar surface area (TPSA) is 114 Å². The van der Waals surface area contributed by atoms with Gasteiger partial charge in [0.05, 0.1) is 0 Å². The van der Waals surface area contributed by atoms with Crippen LogP contribution in [0.4, 0.5) is 4.79 Å². The number of nitrogens with zero attached hydrogens (tertiary/aromatic N) is 1. The normalized spacial score (nSPS) is 13.4. The summed E-state index contributed by atoms with van der Waals surface area (Å²) in [7, 11) is 0. The Hall–Kier alpha value is -3.97. The highest BCUT2D eigenvalue weighted by molar-refractivity contribution is 7.98. The molecule has 0 radical (unpaired) electrons. The lowest BCUT2D eigenvalue weighted by Gasteiger charge is -2.32. The first-order valence-corrected chi connectivity index (χ1v) is 16.4. The zero-order chi connectivity index (χ0) is 33.8. The van der Waals surface area contributed by atoms with Crippen LogP contribution in [-0.4, -0.2) is 64.1 Å². The van der Waals surface area contributed by atoms with E-state index in [9.17, 15) is 19.2 Å². The number of hydrogen-bond donors (Lipinski definition) is 2. The maximum Gasteiger partial charge on any atom is 0.408 e. The van der Waals surface area contributed by atoms with Crippen LogP contribution in [0.3, 0.4) is 0 Å². The van der Waals surface area contributed by atoms with Crippen LogP contribution in [0.15, 0.2) is 54.6 Å². The van der Waals surface area contributed by atoms with Gasteiger partial charge in [-0.2, -0.15) is 11.8 Å². The van der Waals surface area contributed by atoms with Gasteiger partial charge in [-0.25, -0.2) is 9.59 Å². The quantitative estimate of drug-likeness (QED) is 0.171. The standard InChI is InChI=1S/C35H47N3O6S/c1-10-24-17-19-26(20-18-24)29(38(11-2)31(40)27(21-22-45-9)37-33(42)44-35(6,7)8)30(39)36-28(32(41)43-34(3,4)5)23-25-15-13-12-14-16-25/h2,12-20,27-29H,10,21-23H2,1,3-9H3,(H,36,39)(H,37,42). The minimum absolute atomic E-state index is 0.156. The molecule has 0 aliphatic rings. The van der Waals surface area contributed by atoms with Gasteiger partial charge in [0.15, 0.2) is 0 Å². The minimum Gasteiger partial charge on any atom is -0.458 e. The van der Waals surface area contributed by atoms with Crippen LogP contribution in [0.25, 0.3) is 0 Å². The fourth-order valence-corrected chi connectivity index (χ4v) is 4.87. The summed E-state index contributed by atoms with van der Waals surface area (Å²) in [5, 5.41) is 5.46. The smallest absolute Gasteiger partial charge is 0.408 e. The molecule has 0 bridgehead atoms. The molecule has 0 fully saturated rings. The Kier molecular flexibility index (Phi) is 14.0. The van der Waals surface area contributed by atoms with Crippen molar-refractivity contribution in [3.8, 4) is 12.5 Å². The van der Waals surface area contributed by atoms with Gasteiger partial charge in [-0.1, -0.05) is 67.9 Å². The maximum atomic E-state index is 14.2. The van der Waals surface area contributed by atoms with Gasteiger partial charge >= 0.3 is 12.1 Å². The predicted molar refractivity (Wildman–Crippen MR) is 178 cm³/mol. The van der Waals surface area contributed by atoms with Crippen LogP contribution < -0.4 is 10.6 Å². The number of carbonyl (C=O) groups is 4. The number of terminal acetylenes is 1. The van der Waals surface area contributed by atoms with Gasteiger partial charge in [-0.05, 0) is 83.1 Å². The van der Waals surface area contributed by atoms with Crippen molar-refractivity contribution < 1.29 is 28.7 Å². The second kappa shape index (κ2) is 16.9. The Morgan fingerprint density at radius 1 is 0.867 bits per heavy atom. The number of ether oxygens (including phenoxy) is 2. The SMILES string of the molecule is C#CN(C(=O)C(CCSC)NC(=O)OC(C)(C)C)C(C(=O)NC(Cc1ccccc1)C(=O)OC(C)(C)C)c1ccc(CC)cc1. The molecule has 2 N–H and O–H groups in total. The summed E-state index contributed by atoms with van der Waals surface area (Å²) >= 11 is 1.49. The summed E-state index contributed by atoms with van der Waals surface area (Å²) in [5.74, 6) is -1.42. The molecule has 45 heavy (non-hydrogen) atoms. The van der Waals surface area contributed by atoms with Crippen LogP contribution in [0.1, 0.15) is 77.6 Å². The molecule has 0 aromatic heterocycles. The number of nitrogens with one attached hydrogen (secondary N) is 2. The van der Waals surface area contributed by atoms with E-state index in [1.807, 2.05) is 55.6 Å². The van der Waals surface area contributed by atoms with Crippen LogP contribution in [0.5, 0.6) is 0 Å². The molecule has 3 unspecified atom stereocenters. The van der Waals surface area contributed by atoms with Crippen molar-refractivity contribution in [3.05, 3.63) is 71.3 Å². The average molecular weight is 638 g/mol. The summed E-state index contributed by atoms with van der Waals surface area (Å²) in [6, 6.07) is 15.3. The van der Waals surface area contributed by atoms with E-state index in [1.165, 1.54) is 11.8 Å². The first-order valence-electron chi connectivity index (χ1n) is 15.0. The van der Waals surface area contributed by atoms with Gasteiger partial charge < -0.3 is 20.1 Å². The second-order valence-corrected chi connectivity index (χ2v) is 13.6. The molecule has 3 atom stereocenters. The Bertz CT molecular complexity index is 1330. The van der Waals surface area contributed by atoms with Gasteiger partial charge in [-0.3, -0.25) is 14.5 Å². The molecule has 2 rings (SSSR count). The van der Waals surface area contributed by atoms with Crippen molar-refractivity contribution in [2.24, 2.45) is 0 Å². The lowest BCUT2D eigenvalue weighted by atomic mass is 9.99. The fourth-order valence-electron chi connectivity index (χ4n) is 4.40. The number of carbonyl (C=O) groups excluding carboxylic acids is 4. The first-order chi connectivity index (χ1) is 21.1. The Morgan fingerprint density at radius 3 is 1.98 bits per heavy atom. The Morgan fingerprint density at radius 2 is 1.47 bits per heavy atom. The Labute approximate surface area is 272 Å². The lowest BCUT2D eigenvalue weighted by molar-refractivity contribution is -0.159. The van der Waals surface area contributed by atoms with E-state index in [0.29, 0.717) is 11.3 Å². The molecule has 9 nitrogen and oxygen atoms in total. The number of rotatable bonds is 13. The molecule has 0 spiro atoms. The highest BCUT2D eigenvalue weighted by atomic mass is 32.2. The zero-order valence-corrected chi connectivity index (χ0v) is 28.5. The summed E-state index contributed by atoms with van der Waals surface area (Å²) in [4.78, 5) is 55.3. The van der Waals surface area contributed by atoms with E-state index in [1.54, 1.807) is 53.7 Å². The van der Waals surface area contributed by atoms with E-state index in [-0.39, 0.29) is 12.8 Å². The maximum absolute atomic E-state index is 14.2. The van der Waals surface area contributed by atoms with Gasteiger partial charge in [0.1, 0.15) is 29.3 Å². The number of aryl methyl sites for hydroxylation is 1. The fraction of sp³-hybridized carbons (Fsp3) is 0.486. The third-order valence-electron chi connectivity index (χ3n) is 6.48. The summed E-state index contributed by atoms with van der Waals surface area (Å²) in [5.41, 5.74) is 0.685. The third kappa shape index (κ3) is 12.5. The minimum atomic E-state index is -1.31. The number of hydrogen-bond acceptors (Lipinski definition) is 7. The monoisotopic (exact) mass is 637 g/mol. The molecule has 0 aliphatic carbocycles. The van der Waals surface area contributed by atoms with Crippen molar-refractivity contribution in [1.29, 1.82) is 0 Å². The van der Waals surface area contributed by atoms with E-state index in [4.69, 9.17) is 15.9 Å². The molecular formula is C35H47N3O6S. The summed E-state index contributed by atoms with van der Waals surface area (Å²) in [6.45, 7) is 12.4. The molecule has 2 aromatic rings. The van der Waals surface area contributed by atoms with Crippen molar-refractivity contribution in [2.45, 2.75) is 97.1 Å². The number of amides is 3. The average Bonchev–Trinajstić information content (AvgIpc) is 2.96. The molecule has 0 aliphatic heterocycles. The van der Waals surface area contributed by atoms with Gasteiger partial charge in [0.2, 0.25) is 5.91 Å². The molecule has 0 saturated heterocycles. The number of alkyl carbamates (subject to hydrolysis) is 1. The zero-order valence-electron chi connectivity index (χ0n) is 27.6. The van der Waals surface area contributed by atoms with Crippen LogP contribution >= 0.6 is 11.8 Å². The molecule has 0 saturated carbocycles. The summed E-state index contributed by atoms with van der Waals surface area (Å²) in [6.07, 6.45) is 8.21. The van der Waals surface area contributed by atoms with E-state index < -0.39 is 53.2 Å². The molecule has 3 amide bonds. The van der Waals surface area contributed by atoms with Gasteiger partial charge in [-0.15, -0.1) is 0 Å². The van der Waals surface area contributed by atoms with Crippen molar-refractivity contribution >= 4 is 35.6 Å². The Balaban J connectivity index is 2.54.